The Morgan fingerprint density at radius 3 is 2.76 bits per heavy atom. The first-order valence-electron chi connectivity index (χ1n) is 11.0. The predicted octanol–water partition coefficient (Wildman–Crippen LogP) is 4.00. The maximum Gasteiger partial charge on any atom is 0.191 e. The highest BCUT2D eigenvalue weighted by atomic mass is 127. The average Bonchev–Trinajstić information content (AvgIpc) is 3.26. The van der Waals surface area contributed by atoms with Crippen LogP contribution in [0, 0.1) is 0 Å². The average molecular weight is 511 g/mol. The summed E-state index contributed by atoms with van der Waals surface area (Å²) < 4.78 is 0. The monoisotopic (exact) mass is 511 g/mol. The molecule has 2 aliphatic heterocycles. The molecule has 29 heavy (non-hydrogen) atoms. The fourth-order valence-corrected chi connectivity index (χ4v) is 4.03. The molecule has 1 aromatic carbocycles. The molecule has 0 aliphatic carbocycles. The fourth-order valence-electron chi connectivity index (χ4n) is 4.03. The van der Waals surface area contributed by atoms with E-state index in [0.717, 1.165) is 44.6 Å². The molecular weight excluding hydrogens is 473 g/mol. The molecule has 0 radical (unpaired) electrons. The minimum atomic E-state index is 0. The van der Waals surface area contributed by atoms with E-state index < -0.39 is 0 Å². The molecule has 0 amide bonds. The molecule has 1 fully saturated rings. The summed E-state index contributed by atoms with van der Waals surface area (Å²) in [5.41, 5.74) is 2.54. The molecule has 2 aliphatic rings. The highest BCUT2D eigenvalue weighted by molar-refractivity contribution is 14.0. The van der Waals surface area contributed by atoms with E-state index in [1.54, 1.807) is 0 Å². The van der Waals surface area contributed by atoms with Gasteiger partial charge in [0.1, 0.15) is 0 Å². The number of hydrogen-bond acceptors (Lipinski definition) is 3. The Morgan fingerprint density at radius 1 is 1.17 bits per heavy atom. The number of likely N-dealkylation sites (tertiary alicyclic amines) is 1. The van der Waals surface area contributed by atoms with Crippen LogP contribution >= 0.6 is 24.0 Å². The molecule has 2 N–H and O–H groups in total. The van der Waals surface area contributed by atoms with Gasteiger partial charge < -0.3 is 20.4 Å². The van der Waals surface area contributed by atoms with E-state index in [1.807, 2.05) is 0 Å². The number of anilines is 1. The SMILES string of the molecule is CCNC(=NCc1cccc(N2CC=CC2)c1)NCCCN1CCCCC1C.I. The third-order valence-corrected chi connectivity index (χ3v) is 5.71. The number of nitrogens with zero attached hydrogens (tertiary/aromatic N) is 3. The van der Waals surface area contributed by atoms with Crippen molar-refractivity contribution in [1.29, 1.82) is 0 Å². The second-order valence-corrected chi connectivity index (χ2v) is 7.90. The maximum atomic E-state index is 4.80. The van der Waals surface area contributed by atoms with Crippen molar-refractivity contribution >= 4 is 35.6 Å². The van der Waals surface area contributed by atoms with Gasteiger partial charge in [-0.1, -0.05) is 30.7 Å². The second-order valence-electron chi connectivity index (χ2n) is 7.90. The Kier molecular flexibility index (Phi) is 10.8. The minimum Gasteiger partial charge on any atom is -0.364 e. The van der Waals surface area contributed by atoms with Crippen molar-refractivity contribution in [2.24, 2.45) is 4.99 Å². The van der Waals surface area contributed by atoms with Gasteiger partial charge in [-0.05, 0) is 57.4 Å². The van der Waals surface area contributed by atoms with Gasteiger partial charge >= 0.3 is 0 Å². The predicted molar refractivity (Wildman–Crippen MR) is 136 cm³/mol. The molecule has 3 rings (SSSR count). The minimum absolute atomic E-state index is 0. The van der Waals surface area contributed by atoms with Crippen molar-refractivity contribution in [3.8, 4) is 0 Å². The first-order valence-corrected chi connectivity index (χ1v) is 11.0. The number of hydrogen-bond donors (Lipinski definition) is 2. The summed E-state index contributed by atoms with van der Waals surface area (Å²) in [6.07, 6.45) is 9.71. The molecule has 0 saturated carbocycles. The van der Waals surface area contributed by atoms with E-state index in [2.05, 4.69) is 70.7 Å². The number of guanidine groups is 1. The topological polar surface area (TPSA) is 42.9 Å². The summed E-state index contributed by atoms with van der Waals surface area (Å²) in [4.78, 5) is 9.80. The number of halogens is 1. The van der Waals surface area contributed by atoms with Gasteiger partial charge in [-0.15, -0.1) is 24.0 Å². The van der Waals surface area contributed by atoms with E-state index in [-0.39, 0.29) is 24.0 Å². The molecular formula is C23H38IN5. The van der Waals surface area contributed by atoms with Gasteiger partial charge in [-0.3, -0.25) is 0 Å². The number of aliphatic imine (C=N–C) groups is 1. The van der Waals surface area contributed by atoms with Crippen molar-refractivity contribution in [3.63, 3.8) is 0 Å². The zero-order valence-corrected chi connectivity index (χ0v) is 20.4. The molecule has 0 bridgehead atoms. The summed E-state index contributed by atoms with van der Waals surface area (Å²) in [7, 11) is 0. The highest BCUT2D eigenvalue weighted by Crippen LogP contribution is 2.19. The molecule has 1 unspecified atom stereocenters. The van der Waals surface area contributed by atoms with Crippen LogP contribution in [0.4, 0.5) is 5.69 Å². The molecule has 1 saturated heterocycles. The Labute approximate surface area is 194 Å². The first-order chi connectivity index (χ1) is 13.8. The third kappa shape index (κ3) is 7.81. The quantitative estimate of drug-likeness (QED) is 0.182. The summed E-state index contributed by atoms with van der Waals surface area (Å²) in [6.45, 7) is 11.5. The molecule has 1 atom stereocenters. The first kappa shape index (κ1) is 24.0. The van der Waals surface area contributed by atoms with Gasteiger partial charge in [0.15, 0.2) is 5.96 Å². The van der Waals surface area contributed by atoms with Crippen molar-refractivity contribution in [3.05, 3.63) is 42.0 Å². The van der Waals surface area contributed by atoms with Crippen molar-refractivity contribution in [2.75, 3.05) is 44.2 Å². The Balaban J connectivity index is 0.00000300. The van der Waals surface area contributed by atoms with Gasteiger partial charge in [0.05, 0.1) is 6.54 Å². The lowest BCUT2D eigenvalue weighted by atomic mass is 10.0. The van der Waals surface area contributed by atoms with Crippen LogP contribution in [0.2, 0.25) is 0 Å². The number of rotatable bonds is 8. The zero-order chi connectivity index (χ0) is 19.6. The highest BCUT2D eigenvalue weighted by Gasteiger charge is 2.17. The summed E-state index contributed by atoms with van der Waals surface area (Å²) >= 11 is 0. The van der Waals surface area contributed by atoms with E-state index in [9.17, 15) is 0 Å². The van der Waals surface area contributed by atoms with Crippen molar-refractivity contribution < 1.29 is 0 Å². The van der Waals surface area contributed by atoms with Gasteiger partial charge in [0.2, 0.25) is 0 Å². The van der Waals surface area contributed by atoms with Crippen LogP contribution in [0.5, 0.6) is 0 Å². The lowest BCUT2D eigenvalue weighted by Gasteiger charge is -2.33. The Morgan fingerprint density at radius 2 is 2.00 bits per heavy atom. The van der Waals surface area contributed by atoms with Crippen LogP contribution in [-0.2, 0) is 6.54 Å². The van der Waals surface area contributed by atoms with E-state index in [0.29, 0.717) is 6.54 Å². The second kappa shape index (κ2) is 13.1. The summed E-state index contributed by atoms with van der Waals surface area (Å²) in [5.74, 6) is 0.919. The van der Waals surface area contributed by atoms with Crippen LogP contribution in [0.3, 0.4) is 0 Å². The smallest absolute Gasteiger partial charge is 0.191 e. The van der Waals surface area contributed by atoms with Crippen LogP contribution in [0.15, 0.2) is 41.4 Å². The maximum absolute atomic E-state index is 4.80. The van der Waals surface area contributed by atoms with Crippen molar-refractivity contribution in [1.82, 2.24) is 15.5 Å². The molecule has 0 aromatic heterocycles. The molecule has 1 aromatic rings. The number of piperidine rings is 1. The Hall–Kier alpha value is -1.28. The summed E-state index contributed by atoms with van der Waals surface area (Å²) in [6, 6.07) is 9.49. The van der Waals surface area contributed by atoms with Gasteiger partial charge in [-0.25, -0.2) is 4.99 Å². The van der Waals surface area contributed by atoms with Crippen LogP contribution in [-0.4, -0.2) is 56.2 Å². The van der Waals surface area contributed by atoms with Gasteiger partial charge in [0, 0.05) is 44.5 Å². The lowest BCUT2D eigenvalue weighted by Crippen LogP contribution is -2.41. The van der Waals surface area contributed by atoms with E-state index in [4.69, 9.17) is 4.99 Å². The third-order valence-electron chi connectivity index (χ3n) is 5.71. The van der Waals surface area contributed by atoms with E-state index >= 15 is 0 Å². The Bertz CT molecular complexity index is 652. The number of benzene rings is 1. The molecule has 5 nitrogen and oxygen atoms in total. The van der Waals surface area contributed by atoms with Crippen LogP contribution in [0.25, 0.3) is 0 Å². The van der Waals surface area contributed by atoms with Gasteiger partial charge in [-0.2, -0.15) is 0 Å². The van der Waals surface area contributed by atoms with Crippen LogP contribution < -0.4 is 15.5 Å². The molecule has 6 heteroatoms. The lowest BCUT2D eigenvalue weighted by molar-refractivity contribution is 0.159. The van der Waals surface area contributed by atoms with E-state index in [1.165, 1.54) is 43.6 Å². The standard InChI is InChI=1S/C23H37N5.HI/c1-3-24-23(25-13-9-17-27-14-5-4-10-20(27)2)26-19-21-11-8-12-22(18-21)28-15-6-7-16-28;/h6-8,11-12,18,20H,3-5,9-10,13-17,19H2,1-2H3,(H2,24,25,26);1H. The fraction of sp³-hybridized carbons (Fsp3) is 0.609. The van der Waals surface area contributed by atoms with Crippen LogP contribution in [0.1, 0.15) is 45.1 Å². The van der Waals surface area contributed by atoms with Gasteiger partial charge in [0.25, 0.3) is 0 Å². The molecule has 162 valence electrons. The number of nitrogens with one attached hydrogen (secondary N) is 2. The normalized spacial score (nSPS) is 19.9. The largest absolute Gasteiger partial charge is 0.364 e. The van der Waals surface area contributed by atoms with Crippen molar-refractivity contribution in [2.45, 2.75) is 52.1 Å². The molecule has 2 heterocycles. The zero-order valence-electron chi connectivity index (χ0n) is 18.1. The summed E-state index contributed by atoms with van der Waals surface area (Å²) in [5, 5.41) is 6.88. The molecule has 0 spiro atoms.